The minimum absolute atomic E-state index is 0.211. The monoisotopic (exact) mass is 405 g/mol. The summed E-state index contributed by atoms with van der Waals surface area (Å²) in [5, 5.41) is 10.7. The summed E-state index contributed by atoms with van der Waals surface area (Å²) >= 11 is 0. The molecule has 0 aliphatic heterocycles. The summed E-state index contributed by atoms with van der Waals surface area (Å²) in [5.74, 6) is 1.05. The second-order valence-corrected chi connectivity index (χ2v) is 7.02. The van der Waals surface area contributed by atoms with Gasteiger partial charge in [-0.05, 0) is 36.8 Å². The number of hydrogen-bond acceptors (Lipinski definition) is 4. The van der Waals surface area contributed by atoms with E-state index >= 15 is 0 Å². The van der Waals surface area contributed by atoms with E-state index in [2.05, 4.69) is 0 Å². The standard InChI is InChI=1S/C25H27NO4/c1-19(24(27)20-11-5-3-6-12-20)26(2)25(28)22-15-9-10-16-23(22)30-18-17-29-21-13-7-4-8-14-21/h3-16,19,24,27H,17-18H2,1-2H3. The van der Waals surface area contributed by atoms with Crippen molar-refractivity contribution in [3.05, 3.63) is 96.1 Å². The van der Waals surface area contributed by atoms with E-state index in [1.54, 1.807) is 30.1 Å². The molecule has 3 rings (SSSR count). The van der Waals surface area contributed by atoms with E-state index in [1.807, 2.05) is 73.7 Å². The summed E-state index contributed by atoms with van der Waals surface area (Å²) < 4.78 is 11.5. The molecule has 0 saturated carbocycles. The molecule has 3 aromatic rings. The topological polar surface area (TPSA) is 59.0 Å². The first-order chi connectivity index (χ1) is 14.6. The first-order valence-corrected chi connectivity index (χ1v) is 9.98. The van der Waals surface area contributed by atoms with Gasteiger partial charge in [-0.2, -0.15) is 0 Å². The number of nitrogens with zero attached hydrogens (tertiary/aromatic N) is 1. The molecular formula is C25H27NO4. The van der Waals surface area contributed by atoms with Crippen LogP contribution < -0.4 is 9.47 Å². The van der Waals surface area contributed by atoms with Gasteiger partial charge in [0.1, 0.15) is 24.7 Å². The van der Waals surface area contributed by atoms with Crippen LogP contribution in [0.1, 0.15) is 28.9 Å². The zero-order valence-electron chi connectivity index (χ0n) is 17.3. The number of hydrogen-bond donors (Lipinski definition) is 1. The molecule has 156 valence electrons. The minimum atomic E-state index is -0.785. The number of carbonyl (C=O) groups is 1. The van der Waals surface area contributed by atoms with Gasteiger partial charge in [0.15, 0.2) is 0 Å². The van der Waals surface area contributed by atoms with Crippen molar-refractivity contribution in [2.75, 3.05) is 20.3 Å². The Bertz CT molecular complexity index is 930. The molecule has 2 unspecified atom stereocenters. The first kappa shape index (κ1) is 21.4. The van der Waals surface area contributed by atoms with Crippen molar-refractivity contribution >= 4 is 5.91 Å². The Morgan fingerprint density at radius 2 is 1.43 bits per heavy atom. The number of amides is 1. The Labute approximate surface area is 177 Å². The van der Waals surface area contributed by atoms with Crippen LogP contribution in [0.3, 0.4) is 0 Å². The fourth-order valence-electron chi connectivity index (χ4n) is 3.11. The molecule has 5 nitrogen and oxygen atoms in total. The maximum atomic E-state index is 13.1. The molecule has 5 heteroatoms. The molecule has 0 fully saturated rings. The van der Waals surface area contributed by atoms with E-state index in [1.165, 1.54) is 0 Å². The van der Waals surface area contributed by atoms with Gasteiger partial charge in [-0.25, -0.2) is 0 Å². The highest BCUT2D eigenvalue weighted by Gasteiger charge is 2.26. The number of benzene rings is 3. The van der Waals surface area contributed by atoms with Crippen LogP contribution in [-0.2, 0) is 0 Å². The minimum Gasteiger partial charge on any atom is -0.490 e. The maximum Gasteiger partial charge on any atom is 0.257 e. The lowest BCUT2D eigenvalue weighted by atomic mass is 10.0. The average Bonchev–Trinajstić information content (AvgIpc) is 2.81. The van der Waals surface area contributed by atoms with E-state index in [0.717, 1.165) is 11.3 Å². The molecule has 0 heterocycles. The molecule has 0 bridgehead atoms. The second-order valence-electron chi connectivity index (χ2n) is 7.02. The molecule has 0 aliphatic carbocycles. The smallest absolute Gasteiger partial charge is 0.257 e. The molecule has 3 aromatic carbocycles. The molecule has 0 aromatic heterocycles. The van der Waals surface area contributed by atoms with Gasteiger partial charge in [0.05, 0.1) is 17.7 Å². The molecule has 0 saturated heterocycles. The van der Waals surface area contributed by atoms with Crippen LogP contribution >= 0.6 is 0 Å². The maximum absolute atomic E-state index is 13.1. The van der Waals surface area contributed by atoms with Gasteiger partial charge in [0.2, 0.25) is 0 Å². The van der Waals surface area contributed by atoms with Crippen molar-refractivity contribution in [2.45, 2.75) is 19.1 Å². The van der Waals surface area contributed by atoms with Gasteiger partial charge < -0.3 is 19.5 Å². The van der Waals surface area contributed by atoms with Crippen molar-refractivity contribution in [3.8, 4) is 11.5 Å². The molecule has 1 N–H and O–H groups in total. The molecule has 0 aliphatic rings. The van der Waals surface area contributed by atoms with Gasteiger partial charge in [-0.3, -0.25) is 4.79 Å². The number of aliphatic hydroxyl groups is 1. The van der Waals surface area contributed by atoms with Crippen LogP contribution in [0, 0.1) is 0 Å². The van der Waals surface area contributed by atoms with Crippen LogP contribution in [0.4, 0.5) is 0 Å². The van der Waals surface area contributed by atoms with E-state index in [9.17, 15) is 9.90 Å². The van der Waals surface area contributed by atoms with Gasteiger partial charge in [-0.15, -0.1) is 0 Å². The van der Waals surface area contributed by atoms with Gasteiger partial charge in [0, 0.05) is 7.05 Å². The molecule has 0 spiro atoms. The van der Waals surface area contributed by atoms with Crippen LogP contribution in [0.2, 0.25) is 0 Å². The van der Waals surface area contributed by atoms with Crippen molar-refractivity contribution in [3.63, 3.8) is 0 Å². The van der Waals surface area contributed by atoms with Crippen LogP contribution in [0.25, 0.3) is 0 Å². The lowest BCUT2D eigenvalue weighted by molar-refractivity contribution is 0.0483. The largest absolute Gasteiger partial charge is 0.490 e. The number of aliphatic hydroxyl groups excluding tert-OH is 1. The van der Waals surface area contributed by atoms with Crippen LogP contribution in [0.5, 0.6) is 11.5 Å². The fourth-order valence-corrected chi connectivity index (χ4v) is 3.11. The van der Waals surface area contributed by atoms with Crippen molar-refractivity contribution in [1.29, 1.82) is 0 Å². The van der Waals surface area contributed by atoms with Crippen molar-refractivity contribution in [1.82, 2.24) is 4.90 Å². The Morgan fingerprint density at radius 3 is 2.13 bits per heavy atom. The highest BCUT2D eigenvalue weighted by Crippen LogP contribution is 2.24. The summed E-state index contributed by atoms with van der Waals surface area (Å²) in [5.41, 5.74) is 1.22. The summed E-state index contributed by atoms with van der Waals surface area (Å²) in [4.78, 5) is 14.6. The zero-order chi connectivity index (χ0) is 21.3. The Hall–Kier alpha value is -3.31. The lowest BCUT2D eigenvalue weighted by Gasteiger charge is -2.29. The third-order valence-electron chi connectivity index (χ3n) is 5.00. The predicted molar refractivity (Wildman–Crippen MR) is 117 cm³/mol. The SMILES string of the molecule is CC(C(O)c1ccccc1)N(C)C(=O)c1ccccc1OCCOc1ccccc1. The fraction of sp³-hybridized carbons (Fsp3) is 0.240. The Morgan fingerprint density at radius 1 is 0.867 bits per heavy atom. The van der Waals surface area contributed by atoms with E-state index in [0.29, 0.717) is 24.5 Å². The number of rotatable bonds is 9. The normalized spacial score (nSPS) is 12.6. The molecule has 0 radical (unpaired) electrons. The molecule has 2 atom stereocenters. The second kappa shape index (κ2) is 10.5. The Kier molecular flexibility index (Phi) is 7.46. The number of likely N-dealkylation sites (N-methyl/N-ethyl adjacent to an activating group) is 1. The lowest BCUT2D eigenvalue weighted by Crippen LogP contribution is -2.39. The third kappa shape index (κ3) is 5.39. The third-order valence-corrected chi connectivity index (χ3v) is 5.00. The van der Waals surface area contributed by atoms with Crippen molar-refractivity contribution in [2.24, 2.45) is 0 Å². The summed E-state index contributed by atoms with van der Waals surface area (Å²) in [7, 11) is 1.69. The van der Waals surface area contributed by atoms with Gasteiger partial charge >= 0.3 is 0 Å². The van der Waals surface area contributed by atoms with Crippen LogP contribution in [-0.4, -0.2) is 42.2 Å². The quantitative estimate of drug-likeness (QED) is 0.538. The summed E-state index contributed by atoms with van der Waals surface area (Å²) in [6.45, 7) is 2.50. The highest BCUT2D eigenvalue weighted by molar-refractivity contribution is 5.97. The molecule has 1 amide bonds. The molecule has 30 heavy (non-hydrogen) atoms. The summed E-state index contributed by atoms with van der Waals surface area (Å²) in [6.07, 6.45) is -0.785. The van der Waals surface area contributed by atoms with Crippen LogP contribution in [0.15, 0.2) is 84.9 Å². The number of ether oxygens (including phenoxy) is 2. The molecular weight excluding hydrogens is 378 g/mol. The first-order valence-electron chi connectivity index (χ1n) is 9.98. The van der Waals surface area contributed by atoms with E-state index in [-0.39, 0.29) is 5.91 Å². The predicted octanol–water partition coefficient (Wildman–Crippen LogP) is 4.34. The number of para-hydroxylation sites is 2. The van der Waals surface area contributed by atoms with Crippen molar-refractivity contribution < 1.29 is 19.4 Å². The Balaban J connectivity index is 1.62. The van der Waals surface area contributed by atoms with Gasteiger partial charge in [0.25, 0.3) is 5.91 Å². The highest BCUT2D eigenvalue weighted by atomic mass is 16.5. The average molecular weight is 405 g/mol. The van der Waals surface area contributed by atoms with Gasteiger partial charge in [-0.1, -0.05) is 60.7 Å². The van der Waals surface area contributed by atoms with E-state index < -0.39 is 12.1 Å². The zero-order valence-corrected chi connectivity index (χ0v) is 17.3. The number of carbonyl (C=O) groups excluding carboxylic acids is 1. The van der Waals surface area contributed by atoms with E-state index in [4.69, 9.17) is 9.47 Å². The summed E-state index contributed by atoms with van der Waals surface area (Å²) in [6, 6.07) is 25.5.